The molecule has 13 heteroatoms. The van der Waals surface area contributed by atoms with Gasteiger partial charge in [0.05, 0.1) is 16.8 Å². The van der Waals surface area contributed by atoms with E-state index >= 15 is 0 Å². The number of sulfonamides is 1. The lowest BCUT2D eigenvalue weighted by molar-refractivity contribution is -0.137. The number of halogens is 3. The van der Waals surface area contributed by atoms with Crippen molar-refractivity contribution in [1.82, 2.24) is 15.2 Å². The molecule has 0 fully saturated rings. The van der Waals surface area contributed by atoms with Gasteiger partial charge in [-0.1, -0.05) is 47.7 Å². The first-order chi connectivity index (χ1) is 16.1. The van der Waals surface area contributed by atoms with Crippen molar-refractivity contribution in [3.63, 3.8) is 0 Å². The zero-order valence-corrected chi connectivity index (χ0v) is 18.6. The highest BCUT2D eigenvalue weighted by molar-refractivity contribution is 7.92. The number of amides is 1. The second-order valence-electron chi connectivity index (χ2n) is 6.76. The van der Waals surface area contributed by atoms with E-state index in [1.807, 2.05) is 10.8 Å². The molecule has 2 heterocycles. The second-order valence-corrected chi connectivity index (χ2v) is 9.37. The minimum Gasteiger partial charge on any atom is -0.296 e. The van der Waals surface area contributed by atoms with Gasteiger partial charge in [-0.3, -0.25) is 14.8 Å². The van der Waals surface area contributed by atoms with Gasteiger partial charge in [0.25, 0.3) is 15.9 Å². The average molecular weight is 506 g/mol. The van der Waals surface area contributed by atoms with Crippen LogP contribution in [0, 0.1) is 0 Å². The molecule has 0 aliphatic carbocycles. The van der Waals surface area contributed by atoms with Crippen LogP contribution in [0.3, 0.4) is 0 Å². The highest BCUT2D eigenvalue weighted by atomic mass is 32.2. The number of aromatic nitrogens is 3. The number of pyridine rings is 1. The second kappa shape index (κ2) is 9.19. The minimum absolute atomic E-state index is 0.0854. The molecule has 8 nitrogen and oxygen atoms in total. The summed E-state index contributed by atoms with van der Waals surface area (Å²) in [5.41, 5.74) is -1.28. The largest absolute Gasteiger partial charge is 0.416 e. The molecule has 0 radical (unpaired) electrons. The molecule has 0 saturated heterocycles. The van der Waals surface area contributed by atoms with Crippen molar-refractivity contribution >= 4 is 38.1 Å². The number of carbonyl (C=O) groups is 1. The van der Waals surface area contributed by atoms with E-state index in [4.69, 9.17) is 0 Å². The summed E-state index contributed by atoms with van der Waals surface area (Å²) in [5.74, 6) is -0.872. The monoisotopic (exact) mass is 505 g/mol. The summed E-state index contributed by atoms with van der Waals surface area (Å²) in [4.78, 5) is 16.6. The van der Waals surface area contributed by atoms with Crippen LogP contribution in [0.2, 0.25) is 0 Å². The normalized spacial score (nSPS) is 11.7. The van der Waals surface area contributed by atoms with Crippen LogP contribution in [-0.4, -0.2) is 29.5 Å². The van der Waals surface area contributed by atoms with Crippen LogP contribution in [-0.2, 0) is 16.2 Å². The number of carbonyl (C=O) groups excluding carboxylic acids is 1. The third-order valence-electron chi connectivity index (χ3n) is 4.42. The SMILES string of the molecule is O=C(Nc1nnc(-c2ccccc2)s1)c1ccc(C(F)(F)F)cc1NS(=O)(=O)c1ccccn1. The van der Waals surface area contributed by atoms with Gasteiger partial charge in [-0.2, -0.15) is 21.6 Å². The van der Waals surface area contributed by atoms with Crippen molar-refractivity contribution in [2.75, 3.05) is 10.0 Å². The molecule has 0 atom stereocenters. The van der Waals surface area contributed by atoms with Gasteiger partial charge in [0, 0.05) is 11.8 Å². The van der Waals surface area contributed by atoms with Crippen LogP contribution in [0.15, 0.2) is 78.0 Å². The third kappa shape index (κ3) is 5.21. The molecule has 2 N–H and O–H groups in total. The van der Waals surface area contributed by atoms with Crippen LogP contribution < -0.4 is 10.0 Å². The first-order valence-electron chi connectivity index (χ1n) is 9.49. The maximum Gasteiger partial charge on any atom is 0.416 e. The Balaban J connectivity index is 1.66. The standard InChI is InChI=1S/C21H14F3N5O3S2/c22-21(23,24)14-9-10-15(16(12-14)29-34(31,32)17-8-4-5-11-25-17)18(30)26-20-28-27-19(33-20)13-6-2-1-3-7-13/h1-12,29H,(H,26,28,30). The summed E-state index contributed by atoms with van der Waals surface area (Å²) in [5, 5.41) is 10.5. The number of hydrogen-bond acceptors (Lipinski definition) is 7. The lowest BCUT2D eigenvalue weighted by Gasteiger charge is -2.15. The Labute approximate surface area is 195 Å². The molecule has 0 aliphatic rings. The van der Waals surface area contributed by atoms with E-state index in [9.17, 15) is 26.4 Å². The smallest absolute Gasteiger partial charge is 0.296 e. The molecule has 4 aromatic rings. The van der Waals surface area contributed by atoms with E-state index in [2.05, 4.69) is 20.5 Å². The fourth-order valence-electron chi connectivity index (χ4n) is 2.84. The Morgan fingerprint density at radius 2 is 1.68 bits per heavy atom. The predicted octanol–water partition coefficient (Wildman–Crippen LogP) is 4.67. The van der Waals surface area contributed by atoms with Gasteiger partial charge < -0.3 is 0 Å². The van der Waals surface area contributed by atoms with E-state index in [0.717, 1.165) is 23.0 Å². The minimum atomic E-state index is -4.76. The number of nitrogens with one attached hydrogen (secondary N) is 2. The van der Waals surface area contributed by atoms with Crippen molar-refractivity contribution in [3.8, 4) is 10.6 Å². The van der Waals surface area contributed by atoms with Crippen LogP contribution in [0.5, 0.6) is 0 Å². The van der Waals surface area contributed by atoms with Gasteiger partial charge in [0.2, 0.25) is 5.13 Å². The molecule has 2 aromatic heterocycles. The van der Waals surface area contributed by atoms with E-state index in [1.54, 1.807) is 24.3 Å². The van der Waals surface area contributed by atoms with Crippen LogP contribution in [0.25, 0.3) is 10.6 Å². The van der Waals surface area contributed by atoms with Gasteiger partial charge in [-0.25, -0.2) is 4.98 Å². The molecule has 0 spiro atoms. The zero-order chi connectivity index (χ0) is 24.3. The van der Waals surface area contributed by atoms with Crippen LogP contribution >= 0.6 is 11.3 Å². The maximum atomic E-state index is 13.3. The van der Waals surface area contributed by atoms with Crippen molar-refractivity contribution in [2.24, 2.45) is 0 Å². The van der Waals surface area contributed by atoms with Gasteiger partial charge in [0.15, 0.2) is 5.03 Å². The van der Waals surface area contributed by atoms with Gasteiger partial charge in [-0.05, 0) is 30.3 Å². The number of nitrogens with zero attached hydrogens (tertiary/aromatic N) is 3. The van der Waals surface area contributed by atoms with Crippen molar-refractivity contribution in [3.05, 3.63) is 84.1 Å². The summed E-state index contributed by atoms with van der Waals surface area (Å²) in [6.45, 7) is 0. The van der Waals surface area contributed by atoms with E-state index in [-0.39, 0.29) is 10.7 Å². The molecule has 34 heavy (non-hydrogen) atoms. The van der Waals surface area contributed by atoms with Crippen LogP contribution in [0.1, 0.15) is 15.9 Å². The van der Waals surface area contributed by atoms with Gasteiger partial charge in [0.1, 0.15) is 5.01 Å². The number of rotatable bonds is 6. The fraction of sp³-hybridized carbons (Fsp3) is 0.0476. The summed E-state index contributed by atoms with van der Waals surface area (Å²) < 4.78 is 67.1. The first-order valence-corrected chi connectivity index (χ1v) is 11.8. The molecule has 0 saturated carbocycles. The summed E-state index contributed by atoms with van der Waals surface area (Å²) in [7, 11) is -4.37. The molecule has 0 unspecified atom stereocenters. The molecule has 0 bridgehead atoms. The Kier molecular flexibility index (Phi) is 6.30. The zero-order valence-electron chi connectivity index (χ0n) is 16.9. The molecule has 0 aliphatic heterocycles. The lowest BCUT2D eigenvalue weighted by Crippen LogP contribution is -2.20. The Morgan fingerprint density at radius 1 is 0.941 bits per heavy atom. The van der Waals surface area contributed by atoms with Gasteiger partial charge in [-0.15, -0.1) is 10.2 Å². The van der Waals surface area contributed by atoms with Crippen molar-refractivity contribution in [1.29, 1.82) is 0 Å². The van der Waals surface area contributed by atoms with E-state index in [0.29, 0.717) is 17.1 Å². The Bertz CT molecular complexity index is 1430. The van der Waals surface area contributed by atoms with Crippen molar-refractivity contribution in [2.45, 2.75) is 11.2 Å². The molecule has 1 amide bonds. The third-order valence-corrected chi connectivity index (χ3v) is 6.58. The number of anilines is 2. The Hall–Kier alpha value is -3.84. The summed E-state index contributed by atoms with van der Waals surface area (Å²) in [6.07, 6.45) is -3.54. The Morgan fingerprint density at radius 3 is 2.35 bits per heavy atom. The van der Waals surface area contributed by atoms with Crippen LogP contribution in [0.4, 0.5) is 24.0 Å². The number of hydrogen-bond donors (Lipinski definition) is 2. The van der Waals surface area contributed by atoms with E-state index in [1.165, 1.54) is 24.4 Å². The molecule has 2 aromatic carbocycles. The predicted molar refractivity (Wildman–Crippen MR) is 120 cm³/mol. The average Bonchev–Trinajstić information content (AvgIpc) is 3.28. The first kappa shape index (κ1) is 23.3. The summed E-state index contributed by atoms with van der Waals surface area (Å²) in [6, 6.07) is 15.2. The number of benzene rings is 2. The molecular formula is C21H14F3N5O3S2. The maximum absolute atomic E-state index is 13.3. The highest BCUT2D eigenvalue weighted by Crippen LogP contribution is 2.33. The highest BCUT2D eigenvalue weighted by Gasteiger charge is 2.32. The lowest BCUT2D eigenvalue weighted by atomic mass is 10.1. The van der Waals surface area contributed by atoms with E-state index < -0.39 is 38.4 Å². The summed E-state index contributed by atoms with van der Waals surface area (Å²) >= 11 is 1.05. The molecule has 4 rings (SSSR count). The quantitative estimate of drug-likeness (QED) is 0.394. The topological polar surface area (TPSA) is 114 Å². The number of alkyl halides is 3. The van der Waals surface area contributed by atoms with Crippen molar-refractivity contribution < 1.29 is 26.4 Å². The molecule has 174 valence electrons. The molecular weight excluding hydrogens is 491 g/mol. The van der Waals surface area contributed by atoms with Gasteiger partial charge >= 0.3 is 6.18 Å². The fourth-order valence-corrected chi connectivity index (χ4v) is 4.61.